The van der Waals surface area contributed by atoms with Crippen LogP contribution in [0.1, 0.15) is 26.3 Å². The van der Waals surface area contributed by atoms with Gasteiger partial charge < -0.3 is 5.32 Å². The summed E-state index contributed by atoms with van der Waals surface area (Å²) < 4.78 is 12.6. The summed E-state index contributed by atoms with van der Waals surface area (Å²) in [5, 5.41) is 3.41. The Balaban J connectivity index is 2.47. The molecule has 1 aromatic carbocycles. The molecule has 0 amide bonds. The Morgan fingerprint density at radius 2 is 1.71 bits per heavy atom. The molecule has 0 aliphatic rings. The fourth-order valence-corrected chi connectivity index (χ4v) is 1.60. The van der Waals surface area contributed by atoms with Gasteiger partial charge in [-0.25, -0.2) is 4.39 Å². The van der Waals surface area contributed by atoms with Crippen LogP contribution in [0, 0.1) is 5.82 Å². The number of hydrogen-bond acceptors (Lipinski definition) is 1. The Morgan fingerprint density at radius 3 is 2.21 bits per heavy atom. The highest BCUT2D eigenvalue weighted by molar-refractivity contribution is 5.16. The third-order valence-electron chi connectivity index (χ3n) is 2.07. The van der Waals surface area contributed by atoms with Crippen LogP contribution in [0.5, 0.6) is 0 Å². The number of rotatable bonds is 4. The van der Waals surface area contributed by atoms with Gasteiger partial charge in [0.25, 0.3) is 0 Å². The maximum absolute atomic E-state index is 12.6. The van der Waals surface area contributed by atoms with Crippen molar-refractivity contribution in [1.82, 2.24) is 5.32 Å². The van der Waals surface area contributed by atoms with Crippen LogP contribution < -0.4 is 5.32 Å². The van der Waals surface area contributed by atoms with Crippen LogP contribution in [0.15, 0.2) is 24.3 Å². The van der Waals surface area contributed by atoms with Crippen molar-refractivity contribution in [3.63, 3.8) is 0 Å². The average Bonchev–Trinajstić information content (AvgIpc) is 2.07. The molecule has 0 radical (unpaired) electrons. The molecule has 1 unspecified atom stereocenters. The molecule has 0 saturated heterocycles. The van der Waals surface area contributed by atoms with Crippen LogP contribution in [0.2, 0.25) is 0 Å². The zero-order valence-electron chi connectivity index (χ0n) is 9.05. The van der Waals surface area contributed by atoms with Crippen LogP contribution in [0.3, 0.4) is 0 Å². The lowest BCUT2D eigenvalue weighted by atomic mass is 10.1. The predicted molar refractivity (Wildman–Crippen MR) is 57.8 cm³/mol. The highest BCUT2D eigenvalue weighted by Gasteiger charge is 2.04. The largest absolute Gasteiger partial charge is 0.312 e. The Hall–Kier alpha value is -0.890. The number of halogens is 1. The van der Waals surface area contributed by atoms with Crippen LogP contribution in [0.25, 0.3) is 0 Å². The van der Waals surface area contributed by atoms with Gasteiger partial charge in [0.2, 0.25) is 0 Å². The maximum Gasteiger partial charge on any atom is 0.123 e. The second kappa shape index (κ2) is 5.11. The average molecular weight is 195 g/mol. The Labute approximate surface area is 85.3 Å². The van der Waals surface area contributed by atoms with Gasteiger partial charge in [-0.3, -0.25) is 0 Å². The molecule has 78 valence electrons. The first-order chi connectivity index (χ1) is 6.58. The molecule has 0 aromatic heterocycles. The Kier molecular flexibility index (Phi) is 4.08. The van der Waals surface area contributed by atoms with E-state index in [0.29, 0.717) is 12.1 Å². The SMILES string of the molecule is CC(C)NC(C)Cc1ccc(F)cc1. The topological polar surface area (TPSA) is 12.0 Å². The normalized spacial score (nSPS) is 13.2. The molecule has 1 nitrogen and oxygen atoms in total. The van der Waals surface area contributed by atoms with Crippen molar-refractivity contribution in [3.05, 3.63) is 35.6 Å². The summed E-state index contributed by atoms with van der Waals surface area (Å²) in [5.41, 5.74) is 1.17. The fraction of sp³-hybridized carbons (Fsp3) is 0.500. The van der Waals surface area contributed by atoms with Gasteiger partial charge in [-0.2, -0.15) is 0 Å². The van der Waals surface area contributed by atoms with Crippen LogP contribution in [-0.4, -0.2) is 12.1 Å². The van der Waals surface area contributed by atoms with E-state index in [0.717, 1.165) is 6.42 Å². The molecule has 1 rings (SSSR count). The molecule has 0 bridgehead atoms. The van der Waals surface area contributed by atoms with Crippen molar-refractivity contribution in [2.24, 2.45) is 0 Å². The van der Waals surface area contributed by atoms with Gasteiger partial charge >= 0.3 is 0 Å². The van der Waals surface area contributed by atoms with Crippen molar-refractivity contribution >= 4 is 0 Å². The van der Waals surface area contributed by atoms with Crippen molar-refractivity contribution in [2.75, 3.05) is 0 Å². The molecular formula is C12H18FN. The zero-order chi connectivity index (χ0) is 10.6. The van der Waals surface area contributed by atoms with E-state index in [-0.39, 0.29) is 5.82 Å². The molecule has 0 aliphatic carbocycles. The van der Waals surface area contributed by atoms with Crippen molar-refractivity contribution in [2.45, 2.75) is 39.3 Å². The first-order valence-electron chi connectivity index (χ1n) is 5.08. The molecule has 0 spiro atoms. The lowest BCUT2D eigenvalue weighted by molar-refractivity contribution is 0.487. The lowest BCUT2D eigenvalue weighted by Crippen LogP contribution is -2.33. The van der Waals surface area contributed by atoms with E-state index in [1.165, 1.54) is 17.7 Å². The van der Waals surface area contributed by atoms with E-state index in [1.807, 2.05) is 12.1 Å². The van der Waals surface area contributed by atoms with Crippen LogP contribution >= 0.6 is 0 Å². The fourth-order valence-electron chi connectivity index (χ4n) is 1.60. The maximum atomic E-state index is 12.6. The van der Waals surface area contributed by atoms with Gasteiger partial charge in [0.15, 0.2) is 0 Å². The molecule has 2 heteroatoms. The van der Waals surface area contributed by atoms with Crippen molar-refractivity contribution in [1.29, 1.82) is 0 Å². The van der Waals surface area contributed by atoms with E-state index < -0.39 is 0 Å². The molecule has 1 atom stereocenters. The van der Waals surface area contributed by atoms with Gasteiger partial charge in [-0.05, 0) is 31.0 Å². The van der Waals surface area contributed by atoms with Gasteiger partial charge in [0.05, 0.1) is 0 Å². The summed E-state index contributed by atoms with van der Waals surface area (Å²) in [6.07, 6.45) is 0.943. The van der Waals surface area contributed by atoms with Gasteiger partial charge in [0.1, 0.15) is 5.82 Å². The van der Waals surface area contributed by atoms with Crippen molar-refractivity contribution in [3.8, 4) is 0 Å². The van der Waals surface area contributed by atoms with Gasteiger partial charge in [0, 0.05) is 12.1 Å². The van der Waals surface area contributed by atoms with Crippen molar-refractivity contribution < 1.29 is 4.39 Å². The molecule has 1 aromatic rings. The first-order valence-corrected chi connectivity index (χ1v) is 5.08. The second-order valence-electron chi connectivity index (χ2n) is 4.05. The summed E-state index contributed by atoms with van der Waals surface area (Å²) >= 11 is 0. The smallest absolute Gasteiger partial charge is 0.123 e. The van der Waals surface area contributed by atoms with Crippen LogP contribution in [0.4, 0.5) is 4.39 Å². The van der Waals surface area contributed by atoms with E-state index in [1.54, 1.807) is 0 Å². The molecule has 0 aliphatic heterocycles. The quantitative estimate of drug-likeness (QED) is 0.779. The summed E-state index contributed by atoms with van der Waals surface area (Å²) in [6.45, 7) is 6.39. The lowest BCUT2D eigenvalue weighted by Gasteiger charge is -2.16. The molecule has 14 heavy (non-hydrogen) atoms. The summed E-state index contributed by atoms with van der Waals surface area (Å²) in [7, 11) is 0. The first kappa shape index (κ1) is 11.2. The van der Waals surface area contributed by atoms with Gasteiger partial charge in [-0.15, -0.1) is 0 Å². The molecule has 0 heterocycles. The van der Waals surface area contributed by atoms with E-state index >= 15 is 0 Å². The third kappa shape index (κ3) is 3.88. The minimum atomic E-state index is -0.168. The minimum absolute atomic E-state index is 0.168. The monoisotopic (exact) mass is 195 g/mol. The number of hydrogen-bond donors (Lipinski definition) is 1. The molecule has 0 fully saturated rings. The zero-order valence-corrected chi connectivity index (χ0v) is 9.05. The molecule has 0 saturated carbocycles. The van der Waals surface area contributed by atoms with Gasteiger partial charge in [-0.1, -0.05) is 26.0 Å². The van der Waals surface area contributed by atoms with E-state index in [9.17, 15) is 4.39 Å². The highest BCUT2D eigenvalue weighted by Crippen LogP contribution is 2.05. The minimum Gasteiger partial charge on any atom is -0.312 e. The summed E-state index contributed by atoms with van der Waals surface area (Å²) in [5.74, 6) is -0.168. The van der Waals surface area contributed by atoms with Crippen LogP contribution in [-0.2, 0) is 6.42 Å². The third-order valence-corrected chi connectivity index (χ3v) is 2.07. The number of benzene rings is 1. The standard InChI is InChI=1S/C12H18FN/c1-9(2)14-10(3)8-11-4-6-12(13)7-5-11/h4-7,9-10,14H,8H2,1-3H3. The second-order valence-corrected chi connectivity index (χ2v) is 4.05. The Morgan fingerprint density at radius 1 is 1.14 bits per heavy atom. The molecule has 1 N–H and O–H groups in total. The highest BCUT2D eigenvalue weighted by atomic mass is 19.1. The summed E-state index contributed by atoms with van der Waals surface area (Å²) in [4.78, 5) is 0. The Bertz CT molecular complexity index is 266. The van der Waals surface area contributed by atoms with E-state index in [2.05, 4.69) is 26.1 Å². The summed E-state index contributed by atoms with van der Waals surface area (Å²) in [6, 6.07) is 7.63. The predicted octanol–water partition coefficient (Wildman–Crippen LogP) is 2.75. The van der Waals surface area contributed by atoms with E-state index in [4.69, 9.17) is 0 Å². The molecular weight excluding hydrogens is 177 g/mol. The number of nitrogens with one attached hydrogen (secondary N) is 1.